The minimum Gasteiger partial charge on any atom is -0.486 e. The van der Waals surface area contributed by atoms with Gasteiger partial charge in [-0.15, -0.1) is 0 Å². The van der Waals surface area contributed by atoms with Crippen molar-refractivity contribution in [2.75, 3.05) is 13.2 Å². The number of ether oxygens (including phenoxy) is 2. The lowest BCUT2D eigenvalue weighted by Gasteiger charge is -2.21. The van der Waals surface area contributed by atoms with Crippen LogP contribution in [0.1, 0.15) is 24.2 Å². The summed E-state index contributed by atoms with van der Waals surface area (Å²) in [7, 11) is -3.41. The van der Waals surface area contributed by atoms with E-state index in [-0.39, 0.29) is 6.61 Å². The molecule has 0 radical (unpaired) electrons. The molecule has 3 N–H and O–H groups in total. The summed E-state index contributed by atoms with van der Waals surface area (Å²) in [6, 6.07) is 14.0. The third kappa shape index (κ3) is 4.70. The summed E-state index contributed by atoms with van der Waals surface area (Å²) in [5, 5.41) is -0.524. The fraction of sp³-hybridized carbons (Fsp3) is 0.350. The summed E-state index contributed by atoms with van der Waals surface area (Å²) in [5.74, 6) is 0.136. The molecule has 2 unspecified atom stereocenters. The van der Waals surface area contributed by atoms with Crippen LogP contribution in [0.2, 0.25) is 0 Å². The second-order valence-corrected chi connectivity index (χ2v) is 9.25. The highest BCUT2D eigenvalue weighted by Crippen LogP contribution is 2.25. The third-order valence-corrected chi connectivity index (χ3v) is 6.46. The molecule has 0 saturated carbocycles. The van der Waals surface area contributed by atoms with Crippen molar-refractivity contribution in [3.05, 3.63) is 54.1 Å². The summed E-state index contributed by atoms with van der Waals surface area (Å²) in [4.78, 5) is 11.3. The molecule has 7 nitrogen and oxygen atoms in total. The van der Waals surface area contributed by atoms with Gasteiger partial charge in [-0.05, 0) is 49.2 Å². The standard InChI is InChI=1S/C20H24N2O5S/c1-13(2)28(24,25)22-18-11-26-12-19(18)27-17-8-6-14(7-9-17)15-4-3-5-16(10-15)20(21)23/h3-10,13,18-19,22H,11-12H2,1-2H3,(H2,21,23). The van der Waals surface area contributed by atoms with Gasteiger partial charge in [0, 0.05) is 5.56 Å². The summed E-state index contributed by atoms with van der Waals surface area (Å²) in [6.07, 6.45) is -0.405. The largest absolute Gasteiger partial charge is 0.486 e. The molecular weight excluding hydrogens is 380 g/mol. The second-order valence-electron chi connectivity index (χ2n) is 6.98. The van der Waals surface area contributed by atoms with Gasteiger partial charge in [-0.25, -0.2) is 13.1 Å². The smallest absolute Gasteiger partial charge is 0.248 e. The Bertz CT molecular complexity index is 941. The fourth-order valence-electron chi connectivity index (χ4n) is 2.86. The van der Waals surface area contributed by atoms with E-state index in [2.05, 4.69) is 4.72 Å². The van der Waals surface area contributed by atoms with E-state index in [1.807, 2.05) is 18.2 Å². The topological polar surface area (TPSA) is 108 Å². The van der Waals surface area contributed by atoms with Gasteiger partial charge in [0.2, 0.25) is 15.9 Å². The van der Waals surface area contributed by atoms with Crippen LogP contribution in [-0.4, -0.2) is 44.9 Å². The maximum Gasteiger partial charge on any atom is 0.248 e. The molecule has 2 aromatic carbocycles. The molecule has 1 heterocycles. The zero-order valence-corrected chi connectivity index (χ0v) is 16.6. The average Bonchev–Trinajstić information content (AvgIpc) is 3.08. The highest BCUT2D eigenvalue weighted by molar-refractivity contribution is 7.90. The van der Waals surface area contributed by atoms with E-state index in [1.165, 1.54) is 0 Å². The maximum absolute atomic E-state index is 12.1. The average molecular weight is 404 g/mol. The predicted molar refractivity (Wildman–Crippen MR) is 107 cm³/mol. The Morgan fingerprint density at radius 1 is 1.14 bits per heavy atom. The van der Waals surface area contributed by atoms with E-state index < -0.39 is 33.3 Å². The molecule has 3 rings (SSSR count). The number of carbonyl (C=O) groups excluding carboxylic acids is 1. The second kappa shape index (κ2) is 8.30. The van der Waals surface area contributed by atoms with Crippen LogP contribution in [0.25, 0.3) is 11.1 Å². The monoisotopic (exact) mass is 404 g/mol. The molecule has 2 aromatic rings. The van der Waals surface area contributed by atoms with Crippen LogP contribution in [-0.2, 0) is 14.8 Å². The van der Waals surface area contributed by atoms with Crippen molar-refractivity contribution in [1.29, 1.82) is 0 Å². The van der Waals surface area contributed by atoms with Gasteiger partial charge < -0.3 is 15.2 Å². The SMILES string of the molecule is CC(C)S(=O)(=O)NC1COCC1Oc1ccc(-c2cccc(C(N)=O)c2)cc1. The molecule has 1 fully saturated rings. The number of carbonyl (C=O) groups is 1. The van der Waals surface area contributed by atoms with Gasteiger partial charge in [-0.3, -0.25) is 4.79 Å². The van der Waals surface area contributed by atoms with Crippen molar-refractivity contribution in [3.8, 4) is 16.9 Å². The Labute approximate surface area is 164 Å². The van der Waals surface area contributed by atoms with Crippen molar-refractivity contribution < 1.29 is 22.7 Å². The van der Waals surface area contributed by atoms with Crippen LogP contribution in [0.3, 0.4) is 0 Å². The van der Waals surface area contributed by atoms with Crippen LogP contribution in [0.15, 0.2) is 48.5 Å². The molecule has 0 bridgehead atoms. The Morgan fingerprint density at radius 3 is 2.50 bits per heavy atom. The molecule has 1 aliphatic heterocycles. The van der Waals surface area contributed by atoms with Crippen LogP contribution in [0, 0.1) is 0 Å². The quantitative estimate of drug-likeness (QED) is 0.733. The Balaban J connectivity index is 1.70. The fourth-order valence-corrected chi connectivity index (χ4v) is 3.77. The van der Waals surface area contributed by atoms with Gasteiger partial charge in [-0.1, -0.05) is 24.3 Å². The van der Waals surface area contributed by atoms with Crippen molar-refractivity contribution in [1.82, 2.24) is 4.72 Å². The molecule has 28 heavy (non-hydrogen) atoms. The number of sulfonamides is 1. The first-order chi connectivity index (χ1) is 13.3. The van der Waals surface area contributed by atoms with Crippen LogP contribution >= 0.6 is 0 Å². The number of hydrogen-bond acceptors (Lipinski definition) is 5. The van der Waals surface area contributed by atoms with Crippen LogP contribution in [0.4, 0.5) is 0 Å². The summed E-state index contributed by atoms with van der Waals surface area (Å²) < 4.78 is 38.2. The zero-order valence-electron chi connectivity index (χ0n) is 15.8. The normalized spacial score (nSPS) is 19.7. The van der Waals surface area contributed by atoms with Gasteiger partial charge >= 0.3 is 0 Å². The lowest BCUT2D eigenvalue weighted by molar-refractivity contribution is 0.100. The van der Waals surface area contributed by atoms with E-state index in [0.717, 1.165) is 11.1 Å². The highest BCUT2D eigenvalue weighted by atomic mass is 32.2. The van der Waals surface area contributed by atoms with Crippen molar-refractivity contribution in [2.45, 2.75) is 31.2 Å². The molecule has 2 atom stereocenters. The van der Waals surface area contributed by atoms with Crippen molar-refractivity contribution in [3.63, 3.8) is 0 Å². The molecule has 0 spiro atoms. The number of amides is 1. The number of nitrogens with one attached hydrogen (secondary N) is 1. The first-order valence-corrected chi connectivity index (χ1v) is 10.6. The summed E-state index contributed by atoms with van der Waals surface area (Å²) in [6.45, 7) is 3.84. The van der Waals surface area contributed by atoms with Crippen LogP contribution in [0.5, 0.6) is 5.75 Å². The lowest BCUT2D eigenvalue weighted by atomic mass is 10.0. The van der Waals surface area contributed by atoms with Crippen molar-refractivity contribution in [2.24, 2.45) is 5.73 Å². The number of benzene rings is 2. The van der Waals surface area contributed by atoms with Crippen molar-refractivity contribution >= 4 is 15.9 Å². The predicted octanol–water partition coefficient (Wildman–Crippen LogP) is 1.93. The molecular formula is C20H24N2O5S. The highest BCUT2D eigenvalue weighted by Gasteiger charge is 2.34. The molecule has 0 aliphatic carbocycles. The summed E-state index contributed by atoms with van der Waals surface area (Å²) >= 11 is 0. The maximum atomic E-state index is 12.1. The molecule has 8 heteroatoms. The number of primary amides is 1. The Kier molecular flexibility index (Phi) is 6.02. The third-order valence-electron chi connectivity index (χ3n) is 4.59. The van der Waals surface area contributed by atoms with E-state index >= 15 is 0 Å². The number of nitrogens with two attached hydrogens (primary N) is 1. The van der Waals surface area contributed by atoms with Gasteiger partial charge in [-0.2, -0.15) is 0 Å². The lowest BCUT2D eigenvalue weighted by Crippen LogP contribution is -2.47. The molecule has 150 valence electrons. The Morgan fingerprint density at radius 2 is 1.86 bits per heavy atom. The summed E-state index contributed by atoms with van der Waals surface area (Å²) in [5.41, 5.74) is 7.56. The number of hydrogen-bond donors (Lipinski definition) is 2. The van der Waals surface area contributed by atoms with E-state index in [1.54, 1.807) is 44.2 Å². The molecule has 1 amide bonds. The van der Waals surface area contributed by atoms with E-state index in [4.69, 9.17) is 15.2 Å². The van der Waals surface area contributed by atoms with Crippen LogP contribution < -0.4 is 15.2 Å². The van der Waals surface area contributed by atoms with E-state index in [9.17, 15) is 13.2 Å². The zero-order chi connectivity index (χ0) is 20.3. The van der Waals surface area contributed by atoms with Gasteiger partial charge in [0.25, 0.3) is 0 Å². The molecule has 1 aliphatic rings. The first kappa shape index (κ1) is 20.3. The minimum atomic E-state index is -3.41. The molecule has 0 aromatic heterocycles. The first-order valence-electron chi connectivity index (χ1n) is 9.02. The van der Waals surface area contributed by atoms with Gasteiger partial charge in [0.15, 0.2) is 0 Å². The molecule has 1 saturated heterocycles. The number of rotatable bonds is 7. The van der Waals surface area contributed by atoms with Gasteiger partial charge in [0.05, 0.1) is 24.5 Å². The van der Waals surface area contributed by atoms with Gasteiger partial charge in [0.1, 0.15) is 11.9 Å². The van der Waals surface area contributed by atoms with E-state index in [0.29, 0.717) is 17.9 Å². The Hall–Kier alpha value is -2.42. The minimum absolute atomic E-state index is 0.272.